The van der Waals surface area contributed by atoms with Crippen LogP contribution in [0.25, 0.3) is 16.7 Å². The average Bonchev–Trinajstić information content (AvgIpc) is 2.85. The minimum Gasteiger partial charge on any atom is -0.295 e. The van der Waals surface area contributed by atoms with Crippen LogP contribution in [0.1, 0.15) is 11.4 Å². The van der Waals surface area contributed by atoms with E-state index in [1.54, 1.807) is 6.07 Å². The summed E-state index contributed by atoms with van der Waals surface area (Å²) in [7, 11) is 0. The molecule has 0 aliphatic rings. The SMILES string of the molecule is N#Cc1ccc2nc(CCl)n(-c3ccc(Br)cc3)c2c1. The highest BCUT2D eigenvalue weighted by Crippen LogP contribution is 2.24. The molecule has 0 spiro atoms. The number of alkyl halides is 1. The molecule has 0 saturated carbocycles. The molecule has 3 nitrogen and oxygen atoms in total. The van der Waals surface area contributed by atoms with Gasteiger partial charge in [0.25, 0.3) is 0 Å². The van der Waals surface area contributed by atoms with Crippen molar-refractivity contribution in [2.75, 3.05) is 0 Å². The summed E-state index contributed by atoms with van der Waals surface area (Å²) in [6.07, 6.45) is 0. The smallest absolute Gasteiger partial charge is 0.129 e. The zero-order valence-corrected chi connectivity index (χ0v) is 12.7. The molecule has 0 aliphatic heterocycles. The molecule has 1 aromatic heterocycles. The van der Waals surface area contributed by atoms with Gasteiger partial charge in [-0.2, -0.15) is 5.26 Å². The molecule has 0 fully saturated rings. The van der Waals surface area contributed by atoms with Gasteiger partial charge >= 0.3 is 0 Å². The van der Waals surface area contributed by atoms with Gasteiger partial charge in [-0.05, 0) is 42.5 Å². The molecule has 2 aromatic carbocycles. The first-order valence-corrected chi connectivity index (χ1v) is 7.29. The Morgan fingerprint density at radius 3 is 2.60 bits per heavy atom. The predicted molar refractivity (Wildman–Crippen MR) is 83.0 cm³/mol. The van der Waals surface area contributed by atoms with Crippen LogP contribution in [-0.4, -0.2) is 9.55 Å². The van der Waals surface area contributed by atoms with Gasteiger partial charge in [0, 0.05) is 10.2 Å². The number of halogens is 2. The van der Waals surface area contributed by atoms with Crippen LogP contribution in [0.2, 0.25) is 0 Å². The van der Waals surface area contributed by atoms with Crippen LogP contribution in [0.4, 0.5) is 0 Å². The Hall–Kier alpha value is -1.83. The molecule has 1 heterocycles. The standard InChI is InChI=1S/C15H9BrClN3/c16-11-2-4-12(5-3-11)20-14-7-10(9-18)1-6-13(14)19-15(20)8-17/h1-7H,8H2. The number of nitrogens with zero attached hydrogens (tertiary/aromatic N) is 3. The maximum Gasteiger partial charge on any atom is 0.129 e. The molecule has 0 aliphatic carbocycles. The summed E-state index contributed by atoms with van der Waals surface area (Å²) >= 11 is 9.42. The maximum atomic E-state index is 9.05. The van der Waals surface area contributed by atoms with E-state index >= 15 is 0 Å². The van der Waals surface area contributed by atoms with Crippen molar-refractivity contribution in [1.82, 2.24) is 9.55 Å². The number of benzene rings is 2. The molecular weight excluding hydrogens is 338 g/mol. The number of hydrogen-bond acceptors (Lipinski definition) is 2. The van der Waals surface area contributed by atoms with Crippen LogP contribution in [0.5, 0.6) is 0 Å². The molecule has 3 rings (SSSR count). The predicted octanol–water partition coefficient (Wildman–Crippen LogP) is 4.40. The Labute approximate surface area is 129 Å². The van der Waals surface area contributed by atoms with Crippen molar-refractivity contribution in [2.45, 2.75) is 5.88 Å². The van der Waals surface area contributed by atoms with E-state index in [0.29, 0.717) is 11.4 Å². The fraction of sp³-hybridized carbons (Fsp3) is 0.0667. The minimum atomic E-state index is 0.312. The highest BCUT2D eigenvalue weighted by molar-refractivity contribution is 9.10. The van der Waals surface area contributed by atoms with Gasteiger partial charge in [-0.25, -0.2) is 4.98 Å². The first-order chi connectivity index (χ1) is 9.72. The van der Waals surface area contributed by atoms with E-state index in [0.717, 1.165) is 27.0 Å². The van der Waals surface area contributed by atoms with Crippen LogP contribution in [-0.2, 0) is 5.88 Å². The first-order valence-electron chi connectivity index (χ1n) is 5.96. The fourth-order valence-electron chi connectivity index (χ4n) is 2.16. The number of imidazole rings is 1. The number of hydrogen-bond donors (Lipinski definition) is 0. The largest absolute Gasteiger partial charge is 0.295 e. The lowest BCUT2D eigenvalue weighted by atomic mass is 10.2. The molecule has 98 valence electrons. The number of aromatic nitrogens is 2. The van der Waals surface area contributed by atoms with Crippen molar-refractivity contribution >= 4 is 38.6 Å². The van der Waals surface area contributed by atoms with Gasteiger partial charge in [0.2, 0.25) is 0 Å². The van der Waals surface area contributed by atoms with Crippen LogP contribution >= 0.6 is 27.5 Å². The van der Waals surface area contributed by atoms with Crippen LogP contribution in [0.15, 0.2) is 46.9 Å². The molecule has 5 heteroatoms. The van der Waals surface area contributed by atoms with Crippen molar-refractivity contribution in [3.8, 4) is 11.8 Å². The third-order valence-electron chi connectivity index (χ3n) is 3.06. The zero-order valence-electron chi connectivity index (χ0n) is 10.3. The Morgan fingerprint density at radius 1 is 1.20 bits per heavy atom. The molecule has 20 heavy (non-hydrogen) atoms. The molecule has 0 unspecified atom stereocenters. The summed E-state index contributed by atoms with van der Waals surface area (Å²) in [6, 6.07) is 15.5. The zero-order chi connectivity index (χ0) is 14.1. The second-order valence-electron chi connectivity index (χ2n) is 4.29. The van der Waals surface area contributed by atoms with Crippen LogP contribution < -0.4 is 0 Å². The van der Waals surface area contributed by atoms with Gasteiger partial charge in [-0.3, -0.25) is 4.57 Å². The quantitative estimate of drug-likeness (QED) is 0.645. The van der Waals surface area contributed by atoms with Crippen molar-refractivity contribution < 1.29 is 0 Å². The fourth-order valence-corrected chi connectivity index (χ4v) is 2.61. The summed E-state index contributed by atoms with van der Waals surface area (Å²) in [5.41, 5.74) is 3.31. The molecular formula is C15H9BrClN3. The second-order valence-corrected chi connectivity index (χ2v) is 5.47. The highest BCUT2D eigenvalue weighted by Gasteiger charge is 2.12. The van der Waals surface area contributed by atoms with E-state index in [2.05, 4.69) is 27.0 Å². The number of fused-ring (bicyclic) bond motifs is 1. The van der Waals surface area contributed by atoms with E-state index in [9.17, 15) is 0 Å². The van der Waals surface area contributed by atoms with E-state index in [-0.39, 0.29) is 0 Å². The van der Waals surface area contributed by atoms with Gasteiger partial charge in [-0.15, -0.1) is 11.6 Å². The molecule has 0 atom stereocenters. The average molecular weight is 347 g/mol. The highest BCUT2D eigenvalue weighted by atomic mass is 79.9. The molecule has 0 bridgehead atoms. The lowest BCUT2D eigenvalue weighted by molar-refractivity contribution is 0.981. The van der Waals surface area contributed by atoms with Crippen LogP contribution in [0.3, 0.4) is 0 Å². The van der Waals surface area contributed by atoms with Gasteiger partial charge < -0.3 is 0 Å². The topological polar surface area (TPSA) is 41.6 Å². The Bertz CT molecular complexity index is 815. The van der Waals surface area contributed by atoms with E-state index in [1.165, 1.54) is 0 Å². The Kier molecular flexibility index (Phi) is 3.47. The van der Waals surface area contributed by atoms with Crippen LogP contribution in [0, 0.1) is 11.3 Å². The normalized spacial score (nSPS) is 10.7. The third kappa shape index (κ3) is 2.20. The monoisotopic (exact) mass is 345 g/mol. The van der Waals surface area contributed by atoms with Gasteiger partial charge in [0.15, 0.2) is 0 Å². The Balaban J connectivity index is 2.31. The van der Waals surface area contributed by atoms with E-state index < -0.39 is 0 Å². The number of rotatable bonds is 2. The third-order valence-corrected chi connectivity index (χ3v) is 3.83. The van der Waals surface area contributed by atoms with Crippen molar-refractivity contribution in [2.24, 2.45) is 0 Å². The molecule has 0 amide bonds. The maximum absolute atomic E-state index is 9.05. The second kappa shape index (κ2) is 5.28. The lowest BCUT2D eigenvalue weighted by Gasteiger charge is -2.08. The Morgan fingerprint density at radius 2 is 1.95 bits per heavy atom. The summed E-state index contributed by atoms with van der Waals surface area (Å²) < 4.78 is 2.99. The summed E-state index contributed by atoms with van der Waals surface area (Å²) in [5.74, 6) is 1.08. The van der Waals surface area contributed by atoms with Gasteiger partial charge in [0.1, 0.15) is 5.82 Å². The molecule has 3 aromatic rings. The summed E-state index contributed by atoms with van der Waals surface area (Å²) in [4.78, 5) is 4.52. The summed E-state index contributed by atoms with van der Waals surface area (Å²) in [6.45, 7) is 0. The van der Waals surface area contributed by atoms with E-state index in [4.69, 9.17) is 16.9 Å². The molecule has 0 radical (unpaired) electrons. The van der Waals surface area contributed by atoms with Gasteiger partial charge in [0.05, 0.1) is 28.5 Å². The van der Waals surface area contributed by atoms with Crippen molar-refractivity contribution in [3.05, 3.63) is 58.3 Å². The van der Waals surface area contributed by atoms with E-state index in [1.807, 2.05) is 41.0 Å². The molecule has 0 saturated heterocycles. The lowest BCUT2D eigenvalue weighted by Crippen LogP contribution is -1.99. The van der Waals surface area contributed by atoms with Crippen molar-refractivity contribution in [3.63, 3.8) is 0 Å². The summed E-state index contributed by atoms with van der Waals surface area (Å²) in [5, 5.41) is 9.05. The van der Waals surface area contributed by atoms with Crippen molar-refractivity contribution in [1.29, 1.82) is 5.26 Å². The molecule has 0 N–H and O–H groups in total. The number of nitriles is 1. The first kappa shape index (κ1) is 13.2. The minimum absolute atomic E-state index is 0.312. The van der Waals surface area contributed by atoms with Gasteiger partial charge in [-0.1, -0.05) is 15.9 Å².